The summed E-state index contributed by atoms with van der Waals surface area (Å²) in [5, 5.41) is 0. The quantitative estimate of drug-likeness (QED) is 0.107. The molecule has 0 unspecified atom stereocenters. The smallest absolute Gasteiger partial charge is 0.136 e. The van der Waals surface area contributed by atoms with Crippen molar-refractivity contribution in [2.75, 3.05) is 54.5 Å². The zero-order valence-corrected chi connectivity index (χ0v) is 32.5. The van der Waals surface area contributed by atoms with Gasteiger partial charge in [0.1, 0.15) is 11.5 Å². The number of thiophene rings is 2. The van der Waals surface area contributed by atoms with Gasteiger partial charge < -0.3 is 19.3 Å². The summed E-state index contributed by atoms with van der Waals surface area (Å²) in [6, 6.07) is 28.5. The summed E-state index contributed by atoms with van der Waals surface area (Å²) >= 11 is 3.16. The van der Waals surface area contributed by atoms with Gasteiger partial charge in [-0.1, -0.05) is 82.8 Å². The second-order valence-corrected chi connectivity index (χ2v) is 15.1. The minimum atomic E-state index is 0.564. The monoisotopic (exact) mass is 720 g/mol. The molecule has 2 aromatic heterocycles. The Kier molecular flexibility index (Phi) is 14.2. The van der Waals surface area contributed by atoms with Crippen molar-refractivity contribution >= 4 is 22.7 Å². The van der Waals surface area contributed by atoms with Gasteiger partial charge in [-0.2, -0.15) is 0 Å². The third-order valence-corrected chi connectivity index (χ3v) is 9.54. The fourth-order valence-electron chi connectivity index (χ4n) is 4.86. The number of benzene rings is 3. The first-order valence-corrected chi connectivity index (χ1v) is 19.0. The standard InChI is InChI=1S/C46H44N2O2S2/c1-35-9-13-37(14-10-35)17-21-41-25-27-43(51-41)23-19-39-33-46(50-32-8-30-48(5)6)40(34-45(39)49-31-7-29-47(3)4)20-24-44-28-26-42(52-44)22-18-38-15-11-36(2)12-16-38/h9-16,25-28,33-34H,7-8,29-32H2,1-6H3. The lowest BCUT2D eigenvalue weighted by Crippen LogP contribution is -2.16. The van der Waals surface area contributed by atoms with Crippen molar-refractivity contribution in [3.8, 4) is 58.9 Å². The van der Waals surface area contributed by atoms with Gasteiger partial charge in [0.05, 0.1) is 43.8 Å². The topological polar surface area (TPSA) is 24.9 Å². The summed E-state index contributed by atoms with van der Waals surface area (Å²) in [6.07, 6.45) is 1.78. The minimum absolute atomic E-state index is 0.564. The summed E-state index contributed by atoms with van der Waals surface area (Å²) in [5.74, 6) is 27.9. The highest BCUT2D eigenvalue weighted by Crippen LogP contribution is 2.30. The van der Waals surface area contributed by atoms with Gasteiger partial charge in [-0.25, -0.2) is 0 Å². The molecule has 0 aliphatic rings. The molecule has 0 amide bonds. The maximum atomic E-state index is 6.37. The highest BCUT2D eigenvalue weighted by molar-refractivity contribution is 7.13. The summed E-state index contributed by atoms with van der Waals surface area (Å²) < 4.78 is 12.7. The van der Waals surface area contributed by atoms with E-state index in [2.05, 4.69) is 123 Å². The van der Waals surface area contributed by atoms with Crippen LogP contribution in [0.25, 0.3) is 0 Å². The molecule has 5 rings (SSSR count). The van der Waals surface area contributed by atoms with Crippen molar-refractivity contribution in [3.05, 3.63) is 138 Å². The summed E-state index contributed by atoms with van der Waals surface area (Å²) in [5.41, 5.74) is 5.97. The van der Waals surface area contributed by atoms with Crippen LogP contribution in [0.4, 0.5) is 0 Å². The van der Waals surface area contributed by atoms with Crippen molar-refractivity contribution < 1.29 is 9.47 Å². The Bertz CT molecular complexity index is 2040. The molecule has 0 bridgehead atoms. The van der Waals surface area contributed by atoms with Crippen LogP contribution in [0.1, 0.15) is 65.7 Å². The van der Waals surface area contributed by atoms with E-state index in [0.717, 1.165) is 67.7 Å². The Morgan fingerprint density at radius 1 is 0.462 bits per heavy atom. The van der Waals surface area contributed by atoms with Gasteiger partial charge in [-0.15, -0.1) is 22.7 Å². The zero-order valence-electron chi connectivity index (χ0n) is 30.9. The third-order valence-electron chi connectivity index (χ3n) is 7.71. The van der Waals surface area contributed by atoms with Crippen molar-refractivity contribution in [1.29, 1.82) is 0 Å². The maximum Gasteiger partial charge on any atom is 0.136 e. The van der Waals surface area contributed by atoms with Crippen LogP contribution in [0.5, 0.6) is 11.5 Å². The van der Waals surface area contributed by atoms with Crippen LogP contribution in [0.2, 0.25) is 0 Å². The van der Waals surface area contributed by atoms with Crippen molar-refractivity contribution in [2.24, 2.45) is 0 Å². The second-order valence-electron chi connectivity index (χ2n) is 12.9. The highest BCUT2D eigenvalue weighted by Gasteiger charge is 2.12. The highest BCUT2D eigenvalue weighted by atomic mass is 32.1. The predicted molar refractivity (Wildman–Crippen MR) is 219 cm³/mol. The van der Waals surface area contributed by atoms with E-state index in [0.29, 0.717) is 24.7 Å². The maximum absolute atomic E-state index is 6.37. The SMILES string of the molecule is Cc1ccc(C#Cc2ccc(C#Cc3cc(OCCCN(C)C)c(C#Cc4ccc(C#Cc5ccc(C)cc5)s4)cc3OCCCN(C)C)s2)cc1. The zero-order chi connectivity index (χ0) is 36.7. The van der Waals surface area contributed by atoms with E-state index >= 15 is 0 Å². The van der Waals surface area contributed by atoms with Gasteiger partial charge in [0, 0.05) is 36.3 Å². The molecule has 0 aliphatic carbocycles. The molecule has 0 atom stereocenters. The molecule has 4 nitrogen and oxygen atoms in total. The van der Waals surface area contributed by atoms with Gasteiger partial charge in [-0.3, -0.25) is 0 Å². The van der Waals surface area contributed by atoms with Crippen LogP contribution < -0.4 is 9.47 Å². The fraction of sp³-hybridized carbons (Fsp3) is 0.261. The van der Waals surface area contributed by atoms with Crippen LogP contribution >= 0.6 is 22.7 Å². The molecule has 0 radical (unpaired) electrons. The number of rotatable bonds is 10. The van der Waals surface area contributed by atoms with Crippen molar-refractivity contribution in [1.82, 2.24) is 9.80 Å². The van der Waals surface area contributed by atoms with E-state index in [1.54, 1.807) is 22.7 Å². The fourth-order valence-corrected chi connectivity index (χ4v) is 6.29. The molecule has 3 aromatic carbocycles. The summed E-state index contributed by atoms with van der Waals surface area (Å²) in [6.45, 7) is 7.14. The van der Waals surface area contributed by atoms with Crippen LogP contribution in [0, 0.1) is 61.2 Å². The lowest BCUT2D eigenvalue weighted by molar-refractivity contribution is 0.274. The molecule has 0 spiro atoms. The second kappa shape index (κ2) is 19.4. The molecule has 2 heterocycles. The van der Waals surface area contributed by atoms with Crippen molar-refractivity contribution in [3.63, 3.8) is 0 Å². The molecule has 5 aromatic rings. The van der Waals surface area contributed by atoms with Crippen LogP contribution in [0.3, 0.4) is 0 Å². The molecule has 262 valence electrons. The molecule has 0 saturated carbocycles. The van der Waals surface area contributed by atoms with E-state index in [4.69, 9.17) is 9.47 Å². The van der Waals surface area contributed by atoms with Gasteiger partial charge >= 0.3 is 0 Å². The molecular weight excluding hydrogens is 677 g/mol. The molecular formula is C46H44N2O2S2. The minimum Gasteiger partial charge on any atom is -0.492 e. The van der Waals surface area contributed by atoms with E-state index in [9.17, 15) is 0 Å². The molecule has 0 fully saturated rings. The first-order valence-electron chi connectivity index (χ1n) is 17.3. The number of hydrogen-bond acceptors (Lipinski definition) is 6. The Hall–Kier alpha value is -5.18. The number of nitrogens with zero attached hydrogens (tertiary/aromatic N) is 2. The number of ether oxygens (including phenoxy) is 2. The lowest BCUT2D eigenvalue weighted by atomic mass is 10.1. The molecule has 0 saturated heterocycles. The summed E-state index contributed by atoms with van der Waals surface area (Å²) in [7, 11) is 8.27. The predicted octanol–water partition coefficient (Wildman–Crippen LogP) is 8.69. The molecule has 0 aliphatic heterocycles. The largest absolute Gasteiger partial charge is 0.492 e. The Morgan fingerprint density at radius 2 is 0.808 bits per heavy atom. The van der Waals surface area contributed by atoms with Gasteiger partial charge in [0.2, 0.25) is 0 Å². The van der Waals surface area contributed by atoms with Gasteiger partial charge in [-0.05, 0) is 103 Å². The average Bonchev–Trinajstić information content (AvgIpc) is 3.79. The molecule has 0 N–H and O–H groups in total. The van der Waals surface area contributed by atoms with Crippen LogP contribution in [0.15, 0.2) is 84.9 Å². The van der Waals surface area contributed by atoms with E-state index in [1.807, 2.05) is 60.7 Å². The van der Waals surface area contributed by atoms with Crippen LogP contribution in [-0.4, -0.2) is 64.3 Å². The first kappa shape index (κ1) is 38.1. The Labute approximate surface area is 318 Å². The van der Waals surface area contributed by atoms with Gasteiger partial charge in [0.15, 0.2) is 0 Å². The van der Waals surface area contributed by atoms with Crippen molar-refractivity contribution in [2.45, 2.75) is 26.7 Å². The average molecular weight is 721 g/mol. The lowest BCUT2D eigenvalue weighted by Gasteiger charge is -2.15. The Morgan fingerprint density at radius 3 is 1.15 bits per heavy atom. The molecule has 52 heavy (non-hydrogen) atoms. The Balaban J connectivity index is 1.43. The number of aryl methyl sites for hydroxylation is 2. The van der Waals surface area contributed by atoms with Gasteiger partial charge in [0.25, 0.3) is 0 Å². The third kappa shape index (κ3) is 12.5. The molecule has 6 heteroatoms. The first-order chi connectivity index (χ1) is 25.2. The van der Waals surface area contributed by atoms with E-state index in [-0.39, 0.29) is 0 Å². The van der Waals surface area contributed by atoms with E-state index < -0.39 is 0 Å². The summed E-state index contributed by atoms with van der Waals surface area (Å²) in [4.78, 5) is 8.12. The van der Waals surface area contributed by atoms with E-state index in [1.165, 1.54) is 11.1 Å². The van der Waals surface area contributed by atoms with Crippen LogP contribution in [-0.2, 0) is 0 Å². The number of hydrogen-bond donors (Lipinski definition) is 0. The normalized spacial score (nSPS) is 10.3.